The van der Waals surface area contributed by atoms with Gasteiger partial charge in [0, 0.05) is 19.7 Å². The van der Waals surface area contributed by atoms with Gasteiger partial charge in [-0.25, -0.2) is 4.79 Å². The second-order valence-electron chi connectivity index (χ2n) is 4.93. The molecule has 1 aliphatic rings. The molecule has 0 aromatic carbocycles. The number of hydrogen-bond donors (Lipinski definition) is 2. The average molecular weight is 230 g/mol. The summed E-state index contributed by atoms with van der Waals surface area (Å²) < 4.78 is 10.7. The fraction of sp³-hybridized carbons (Fsp3) is 0.909. The summed E-state index contributed by atoms with van der Waals surface area (Å²) in [7, 11) is 0. The minimum absolute atomic E-state index is 0.0371. The van der Waals surface area contributed by atoms with Crippen LogP contribution in [0.4, 0.5) is 4.79 Å². The van der Waals surface area contributed by atoms with Crippen molar-refractivity contribution >= 4 is 6.09 Å². The molecule has 16 heavy (non-hydrogen) atoms. The summed E-state index contributed by atoms with van der Waals surface area (Å²) in [5, 5.41) is 5.96. The third kappa shape index (κ3) is 5.92. The molecule has 5 nitrogen and oxygen atoms in total. The highest BCUT2D eigenvalue weighted by atomic mass is 16.6. The zero-order valence-electron chi connectivity index (χ0n) is 10.3. The van der Waals surface area contributed by atoms with Crippen molar-refractivity contribution in [2.24, 2.45) is 0 Å². The Kier molecular flexibility index (Phi) is 5.02. The Morgan fingerprint density at radius 1 is 1.56 bits per heavy atom. The van der Waals surface area contributed by atoms with Crippen LogP contribution < -0.4 is 10.6 Å². The number of hydrogen-bond acceptors (Lipinski definition) is 4. The van der Waals surface area contributed by atoms with Crippen LogP contribution in [0.2, 0.25) is 0 Å². The Balaban J connectivity index is 2.20. The summed E-state index contributed by atoms with van der Waals surface area (Å²) in [4.78, 5) is 11.4. The van der Waals surface area contributed by atoms with Gasteiger partial charge in [-0.05, 0) is 33.7 Å². The number of rotatable bonds is 2. The Morgan fingerprint density at radius 3 is 3.00 bits per heavy atom. The van der Waals surface area contributed by atoms with Crippen LogP contribution >= 0.6 is 0 Å². The van der Waals surface area contributed by atoms with Crippen molar-refractivity contribution in [1.82, 2.24) is 10.6 Å². The molecule has 0 saturated carbocycles. The maximum Gasteiger partial charge on any atom is 0.407 e. The summed E-state index contributed by atoms with van der Waals surface area (Å²) in [6, 6.07) is 0. The summed E-state index contributed by atoms with van der Waals surface area (Å²) in [6.07, 6.45) is 0.665. The van der Waals surface area contributed by atoms with Gasteiger partial charge in [0.1, 0.15) is 5.60 Å². The molecule has 0 radical (unpaired) electrons. The molecule has 1 heterocycles. The van der Waals surface area contributed by atoms with Gasteiger partial charge < -0.3 is 20.1 Å². The van der Waals surface area contributed by atoms with Crippen LogP contribution in [0, 0.1) is 0 Å². The quantitative estimate of drug-likeness (QED) is 0.739. The van der Waals surface area contributed by atoms with Crippen molar-refractivity contribution in [3.8, 4) is 0 Å². The largest absolute Gasteiger partial charge is 0.444 e. The van der Waals surface area contributed by atoms with Gasteiger partial charge in [-0.2, -0.15) is 0 Å². The minimum Gasteiger partial charge on any atom is -0.444 e. The second-order valence-corrected chi connectivity index (χ2v) is 4.93. The molecule has 1 atom stereocenters. The van der Waals surface area contributed by atoms with E-state index in [2.05, 4.69) is 10.6 Å². The topological polar surface area (TPSA) is 59.6 Å². The van der Waals surface area contributed by atoms with E-state index in [1.165, 1.54) is 0 Å². The highest BCUT2D eigenvalue weighted by Crippen LogP contribution is 2.06. The number of ether oxygens (including phenoxy) is 2. The maximum atomic E-state index is 11.4. The van der Waals surface area contributed by atoms with E-state index in [0.717, 1.165) is 26.1 Å². The SMILES string of the molecule is CC(C)(C)OC(=O)NC[C@@H]1CNCCCO1. The Hall–Kier alpha value is -0.810. The van der Waals surface area contributed by atoms with Crippen LogP contribution in [-0.2, 0) is 9.47 Å². The summed E-state index contributed by atoms with van der Waals surface area (Å²) in [6.45, 7) is 8.51. The molecule has 0 aliphatic carbocycles. The van der Waals surface area contributed by atoms with E-state index in [-0.39, 0.29) is 12.2 Å². The lowest BCUT2D eigenvalue weighted by Gasteiger charge is -2.21. The van der Waals surface area contributed by atoms with E-state index in [1.807, 2.05) is 20.8 Å². The van der Waals surface area contributed by atoms with E-state index in [4.69, 9.17) is 9.47 Å². The highest BCUT2D eigenvalue weighted by molar-refractivity contribution is 5.67. The first-order valence-corrected chi connectivity index (χ1v) is 5.76. The highest BCUT2D eigenvalue weighted by Gasteiger charge is 2.18. The Labute approximate surface area is 96.9 Å². The van der Waals surface area contributed by atoms with Gasteiger partial charge in [-0.15, -0.1) is 0 Å². The fourth-order valence-electron chi connectivity index (χ4n) is 1.41. The molecule has 1 aliphatic heterocycles. The van der Waals surface area contributed by atoms with Crippen molar-refractivity contribution < 1.29 is 14.3 Å². The first kappa shape index (κ1) is 13.3. The molecular weight excluding hydrogens is 208 g/mol. The van der Waals surface area contributed by atoms with Gasteiger partial charge >= 0.3 is 6.09 Å². The number of alkyl carbamates (subject to hydrolysis) is 1. The minimum atomic E-state index is -0.452. The average Bonchev–Trinajstić information content (AvgIpc) is 2.39. The molecule has 0 unspecified atom stereocenters. The molecule has 0 aromatic rings. The summed E-state index contributed by atoms with van der Waals surface area (Å²) in [5.41, 5.74) is -0.452. The normalized spacial score (nSPS) is 22.3. The smallest absolute Gasteiger partial charge is 0.407 e. The maximum absolute atomic E-state index is 11.4. The van der Waals surface area contributed by atoms with Gasteiger partial charge in [0.15, 0.2) is 0 Å². The van der Waals surface area contributed by atoms with Crippen LogP contribution in [0.5, 0.6) is 0 Å². The lowest BCUT2D eigenvalue weighted by atomic mass is 10.2. The summed E-state index contributed by atoms with van der Waals surface area (Å²) >= 11 is 0. The number of carbonyl (C=O) groups is 1. The van der Waals surface area contributed by atoms with E-state index in [9.17, 15) is 4.79 Å². The van der Waals surface area contributed by atoms with Gasteiger partial charge in [0.2, 0.25) is 0 Å². The molecular formula is C11H22N2O3. The predicted octanol–water partition coefficient (Wildman–Crippen LogP) is 0.890. The van der Waals surface area contributed by atoms with Gasteiger partial charge in [-0.3, -0.25) is 0 Å². The molecule has 0 aromatic heterocycles. The summed E-state index contributed by atoms with van der Waals surface area (Å²) in [5.74, 6) is 0. The van der Waals surface area contributed by atoms with Gasteiger partial charge in [0.25, 0.3) is 0 Å². The number of nitrogens with one attached hydrogen (secondary N) is 2. The van der Waals surface area contributed by atoms with Crippen LogP contribution in [0.15, 0.2) is 0 Å². The molecule has 1 amide bonds. The van der Waals surface area contributed by atoms with E-state index in [1.54, 1.807) is 0 Å². The molecule has 1 rings (SSSR count). The van der Waals surface area contributed by atoms with E-state index < -0.39 is 5.60 Å². The molecule has 0 bridgehead atoms. The second kappa shape index (κ2) is 6.06. The molecule has 94 valence electrons. The molecule has 0 spiro atoms. The zero-order valence-corrected chi connectivity index (χ0v) is 10.3. The Morgan fingerprint density at radius 2 is 2.31 bits per heavy atom. The Bertz CT molecular complexity index is 218. The van der Waals surface area contributed by atoms with Gasteiger partial charge in [-0.1, -0.05) is 0 Å². The lowest BCUT2D eigenvalue weighted by Crippen LogP contribution is -2.40. The molecule has 1 saturated heterocycles. The molecule has 2 N–H and O–H groups in total. The van der Waals surface area contributed by atoms with Crippen molar-refractivity contribution in [2.75, 3.05) is 26.2 Å². The third-order valence-corrected chi connectivity index (χ3v) is 2.10. The fourth-order valence-corrected chi connectivity index (χ4v) is 1.41. The van der Waals surface area contributed by atoms with Crippen molar-refractivity contribution in [3.63, 3.8) is 0 Å². The number of carbonyl (C=O) groups excluding carboxylic acids is 1. The van der Waals surface area contributed by atoms with Crippen molar-refractivity contribution in [3.05, 3.63) is 0 Å². The van der Waals surface area contributed by atoms with Crippen molar-refractivity contribution in [2.45, 2.75) is 38.9 Å². The van der Waals surface area contributed by atoms with Gasteiger partial charge in [0.05, 0.1) is 6.10 Å². The molecule has 1 fully saturated rings. The van der Waals surface area contributed by atoms with Crippen LogP contribution in [0.25, 0.3) is 0 Å². The lowest BCUT2D eigenvalue weighted by molar-refractivity contribution is 0.0398. The van der Waals surface area contributed by atoms with E-state index in [0.29, 0.717) is 6.54 Å². The monoisotopic (exact) mass is 230 g/mol. The first-order chi connectivity index (χ1) is 7.47. The third-order valence-electron chi connectivity index (χ3n) is 2.10. The standard InChI is InChI=1S/C11H22N2O3/c1-11(2,3)16-10(14)13-8-9-7-12-5-4-6-15-9/h9,12H,4-8H2,1-3H3,(H,13,14)/t9-/m0/s1. The van der Waals surface area contributed by atoms with Crippen LogP contribution in [-0.4, -0.2) is 44.0 Å². The first-order valence-electron chi connectivity index (χ1n) is 5.76. The van der Waals surface area contributed by atoms with Crippen LogP contribution in [0.1, 0.15) is 27.2 Å². The number of amides is 1. The van der Waals surface area contributed by atoms with E-state index >= 15 is 0 Å². The zero-order chi connectivity index (χ0) is 12.0. The van der Waals surface area contributed by atoms with Crippen LogP contribution in [0.3, 0.4) is 0 Å². The van der Waals surface area contributed by atoms with Crippen molar-refractivity contribution in [1.29, 1.82) is 0 Å². The molecule has 5 heteroatoms. The predicted molar refractivity (Wildman–Crippen MR) is 61.5 cm³/mol.